The molecule has 1 aromatic heterocycles. The largest absolute Gasteiger partial charge is 0.476 e. The number of carbonyl (C=O) groups excluding carboxylic acids is 1. The van der Waals surface area contributed by atoms with Crippen molar-refractivity contribution in [1.82, 2.24) is 15.6 Å². The van der Waals surface area contributed by atoms with Gasteiger partial charge in [-0.15, -0.1) is 11.3 Å². The van der Waals surface area contributed by atoms with Crippen LogP contribution in [0, 0.1) is 5.41 Å². The second-order valence-electron chi connectivity index (χ2n) is 5.33. The van der Waals surface area contributed by atoms with Gasteiger partial charge in [0.2, 0.25) is 0 Å². The van der Waals surface area contributed by atoms with Crippen LogP contribution < -0.4 is 10.6 Å². The molecule has 0 aliphatic heterocycles. The van der Waals surface area contributed by atoms with Gasteiger partial charge in [0.05, 0.1) is 5.01 Å². The van der Waals surface area contributed by atoms with E-state index >= 15 is 0 Å². The van der Waals surface area contributed by atoms with E-state index in [4.69, 9.17) is 5.11 Å². The third-order valence-electron chi connectivity index (χ3n) is 3.21. The standard InChI is InChI=1S/C12H17N3O3S/c1-12(2)5-8(12)15-11(18)13-4-3-9-14-7(6-19-9)10(16)17/h6,8H,3-5H2,1-2H3,(H,16,17)(H2,13,15,18). The van der Waals surface area contributed by atoms with Crippen LogP contribution in [-0.2, 0) is 6.42 Å². The minimum atomic E-state index is -1.02. The first-order valence-corrected chi connectivity index (χ1v) is 6.98. The van der Waals surface area contributed by atoms with Crippen LogP contribution in [0.3, 0.4) is 0 Å². The molecule has 1 fully saturated rings. The molecule has 6 nitrogen and oxygen atoms in total. The summed E-state index contributed by atoms with van der Waals surface area (Å²) >= 11 is 1.29. The second kappa shape index (κ2) is 5.16. The monoisotopic (exact) mass is 283 g/mol. The van der Waals surface area contributed by atoms with E-state index in [-0.39, 0.29) is 23.2 Å². The van der Waals surface area contributed by atoms with Gasteiger partial charge in [-0.3, -0.25) is 0 Å². The Morgan fingerprint density at radius 2 is 2.26 bits per heavy atom. The Kier molecular flexibility index (Phi) is 3.75. The number of hydrogen-bond acceptors (Lipinski definition) is 4. The van der Waals surface area contributed by atoms with Crippen LogP contribution in [0.5, 0.6) is 0 Å². The lowest BCUT2D eigenvalue weighted by molar-refractivity contribution is 0.0691. The van der Waals surface area contributed by atoms with E-state index in [0.717, 1.165) is 6.42 Å². The van der Waals surface area contributed by atoms with E-state index in [1.165, 1.54) is 16.7 Å². The Hall–Kier alpha value is -1.63. The zero-order chi connectivity index (χ0) is 14.0. The molecule has 19 heavy (non-hydrogen) atoms. The highest BCUT2D eigenvalue weighted by atomic mass is 32.1. The summed E-state index contributed by atoms with van der Waals surface area (Å²) in [5.74, 6) is -1.02. The molecule has 0 saturated heterocycles. The van der Waals surface area contributed by atoms with Gasteiger partial charge in [0, 0.05) is 24.4 Å². The summed E-state index contributed by atoms with van der Waals surface area (Å²) in [4.78, 5) is 26.2. The Labute approximate surface area is 115 Å². The lowest BCUT2D eigenvalue weighted by Gasteiger charge is -2.08. The lowest BCUT2D eigenvalue weighted by Crippen LogP contribution is -2.39. The van der Waals surface area contributed by atoms with Gasteiger partial charge in [0.1, 0.15) is 0 Å². The SMILES string of the molecule is CC1(C)CC1NC(=O)NCCc1nc(C(=O)O)cs1. The summed E-state index contributed by atoms with van der Waals surface area (Å²) in [5, 5.41) is 16.6. The van der Waals surface area contributed by atoms with Crippen molar-refractivity contribution in [2.75, 3.05) is 6.54 Å². The molecule has 1 atom stereocenters. The van der Waals surface area contributed by atoms with Crippen LogP contribution in [0.2, 0.25) is 0 Å². The maximum absolute atomic E-state index is 11.6. The Morgan fingerprint density at radius 3 is 2.79 bits per heavy atom. The predicted molar refractivity (Wildman–Crippen MR) is 71.5 cm³/mol. The molecule has 104 valence electrons. The van der Waals surface area contributed by atoms with E-state index in [9.17, 15) is 9.59 Å². The van der Waals surface area contributed by atoms with Crippen molar-refractivity contribution >= 4 is 23.3 Å². The van der Waals surface area contributed by atoms with E-state index in [1.807, 2.05) is 0 Å². The highest BCUT2D eigenvalue weighted by molar-refractivity contribution is 7.09. The lowest BCUT2D eigenvalue weighted by atomic mass is 10.2. The van der Waals surface area contributed by atoms with Gasteiger partial charge in [-0.2, -0.15) is 0 Å². The topological polar surface area (TPSA) is 91.3 Å². The highest BCUT2D eigenvalue weighted by Gasteiger charge is 2.46. The maximum atomic E-state index is 11.6. The van der Waals surface area contributed by atoms with Gasteiger partial charge in [-0.1, -0.05) is 13.8 Å². The van der Waals surface area contributed by atoms with Crippen LogP contribution in [0.1, 0.15) is 35.8 Å². The van der Waals surface area contributed by atoms with Crippen molar-refractivity contribution in [2.45, 2.75) is 32.7 Å². The second-order valence-corrected chi connectivity index (χ2v) is 6.27. The highest BCUT2D eigenvalue weighted by Crippen LogP contribution is 2.44. The molecule has 1 aliphatic carbocycles. The predicted octanol–water partition coefficient (Wildman–Crippen LogP) is 1.48. The summed E-state index contributed by atoms with van der Waals surface area (Å²) in [6, 6.07) is 0.0802. The fraction of sp³-hybridized carbons (Fsp3) is 0.583. The fourth-order valence-corrected chi connectivity index (χ4v) is 2.50. The molecule has 0 aromatic carbocycles. The normalized spacial score (nSPS) is 19.8. The summed E-state index contributed by atoms with van der Waals surface area (Å²) in [6.07, 6.45) is 1.55. The Morgan fingerprint density at radius 1 is 1.58 bits per heavy atom. The maximum Gasteiger partial charge on any atom is 0.355 e. The van der Waals surface area contributed by atoms with Crippen molar-refractivity contribution in [2.24, 2.45) is 5.41 Å². The summed E-state index contributed by atoms with van der Waals surface area (Å²) in [7, 11) is 0. The molecule has 1 unspecified atom stereocenters. The number of thiazole rings is 1. The molecule has 1 heterocycles. The number of aromatic carboxylic acids is 1. The first-order valence-electron chi connectivity index (χ1n) is 6.10. The summed E-state index contributed by atoms with van der Waals surface area (Å²) in [6.45, 7) is 4.67. The number of carboxylic acids is 1. The number of urea groups is 1. The molecule has 7 heteroatoms. The number of carboxylic acid groups (broad SMARTS) is 1. The average Bonchev–Trinajstić information content (AvgIpc) is 2.76. The minimum Gasteiger partial charge on any atom is -0.476 e. The van der Waals surface area contributed by atoms with E-state index < -0.39 is 5.97 Å². The molecule has 3 N–H and O–H groups in total. The third-order valence-corrected chi connectivity index (χ3v) is 4.12. The average molecular weight is 283 g/mol. The van der Waals surface area contributed by atoms with Crippen molar-refractivity contribution in [1.29, 1.82) is 0 Å². The molecule has 1 aliphatic rings. The minimum absolute atomic E-state index is 0.0594. The molecule has 1 saturated carbocycles. The number of nitrogens with zero attached hydrogens (tertiary/aromatic N) is 1. The van der Waals surface area contributed by atoms with Crippen LogP contribution in [0.25, 0.3) is 0 Å². The fourth-order valence-electron chi connectivity index (χ4n) is 1.73. The first kappa shape index (κ1) is 13.8. The van der Waals surface area contributed by atoms with Crippen LogP contribution in [0.15, 0.2) is 5.38 Å². The van der Waals surface area contributed by atoms with Gasteiger partial charge in [-0.05, 0) is 11.8 Å². The molecular weight excluding hydrogens is 266 g/mol. The number of amides is 2. The van der Waals surface area contributed by atoms with Crippen LogP contribution in [-0.4, -0.2) is 34.7 Å². The summed E-state index contributed by atoms with van der Waals surface area (Å²) in [5.41, 5.74) is 0.271. The molecule has 1 aromatic rings. The van der Waals surface area contributed by atoms with Gasteiger partial charge in [0.15, 0.2) is 5.69 Å². The van der Waals surface area contributed by atoms with Crippen LogP contribution in [0.4, 0.5) is 4.79 Å². The number of nitrogens with one attached hydrogen (secondary N) is 2. The van der Waals surface area contributed by atoms with Gasteiger partial charge in [-0.25, -0.2) is 14.6 Å². The molecule has 0 bridgehead atoms. The molecule has 2 amide bonds. The van der Waals surface area contributed by atoms with E-state index in [0.29, 0.717) is 18.0 Å². The van der Waals surface area contributed by atoms with Crippen LogP contribution >= 0.6 is 11.3 Å². The Balaban J connectivity index is 1.68. The van der Waals surface area contributed by atoms with Crippen molar-refractivity contribution in [3.63, 3.8) is 0 Å². The smallest absolute Gasteiger partial charge is 0.355 e. The summed E-state index contributed by atoms with van der Waals surface area (Å²) < 4.78 is 0. The molecular formula is C12H17N3O3S. The van der Waals surface area contributed by atoms with Crippen molar-refractivity contribution in [3.05, 3.63) is 16.1 Å². The zero-order valence-electron chi connectivity index (χ0n) is 10.9. The first-order chi connectivity index (χ1) is 8.88. The van der Waals surface area contributed by atoms with E-state index in [1.54, 1.807) is 0 Å². The van der Waals surface area contributed by atoms with Gasteiger partial charge < -0.3 is 15.7 Å². The number of hydrogen-bond donors (Lipinski definition) is 3. The third kappa shape index (κ3) is 3.66. The quantitative estimate of drug-likeness (QED) is 0.763. The number of carbonyl (C=O) groups is 2. The molecule has 0 radical (unpaired) electrons. The van der Waals surface area contributed by atoms with Crippen molar-refractivity contribution < 1.29 is 14.7 Å². The Bertz CT molecular complexity index is 498. The molecule has 0 spiro atoms. The van der Waals surface area contributed by atoms with Gasteiger partial charge in [0.25, 0.3) is 0 Å². The number of aromatic nitrogens is 1. The number of rotatable bonds is 5. The van der Waals surface area contributed by atoms with Gasteiger partial charge >= 0.3 is 12.0 Å². The molecule has 2 rings (SSSR count). The zero-order valence-corrected chi connectivity index (χ0v) is 11.7. The van der Waals surface area contributed by atoms with E-state index in [2.05, 4.69) is 29.5 Å². The van der Waals surface area contributed by atoms with Crippen molar-refractivity contribution in [3.8, 4) is 0 Å².